The molecule has 2 aromatic rings. The topological polar surface area (TPSA) is 168 Å². The smallest absolute Gasteiger partial charge is 0.463 e. The number of piperidine rings is 3. The summed E-state index contributed by atoms with van der Waals surface area (Å²) in [7, 11) is 0. The number of benzene rings is 2. The van der Waals surface area contributed by atoms with Gasteiger partial charge in [-0.05, 0) is 30.5 Å². The Morgan fingerprint density at radius 2 is 1.43 bits per heavy atom. The molecule has 0 saturated carbocycles. The average molecular weight is 513 g/mol. The Balaban J connectivity index is 1.40. The number of esters is 1. The number of hydrogen-bond acceptors (Lipinski definition) is 11. The molecular formula is C24H23N3O10. The summed E-state index contributed by atoms with van der Waals surface area (Å²) in [6.45, 7) is 0.395. The molecule has 0 N–H and O–H groups in total. The van der Waals surface area contributed by atoms with E-state index < -0.39 is 34.1 Å². The Kier molecular flexibility index (Phi) is 7.43. The zero-order valence-electron chi connectivity index (χ0n) is 19.6. The summed E-state index contributed by atoms with van der Waals surface area (Å²) >= 11 is 0. The van der Waals surface area contributed by atoms with E-state index >= 15 is 0 Å². The van der Waals surface area contributed by atoms with E-state index in [-0.39, 0.29) is 41.9 Å². The molecule has 0 aliphatic carbocycles. The second-order valence-corrected chi connectivity index (χ2v) is 8.81. The van der Waals surface area contributed by atoms with E-state index in [2.05, 4.69) is 0 Å². The van der Waals surface area contributed by atoms with E-state index in [0.717, 1.165) is 0 Å². The number of carbonyl (C=O) groups is 3. The molecule has 0 amide bonds. The van der Waals surface area contributed by atoms with Crippen molar-refractivity contribution in [2.45, 2.75) is 24.8 Å². The SMILES string of the molecule is O=C(Cc1ccc([N+](=O)[O-])cc1)OCC1(COC(=O)Oc2ccc([N+](=O)[O-])cc2)C(=O)C2CCN1CC2. The van der Waals surface area contributed by atoms with Crippen LogP contribution in [0.3, 0.4) is 0 Å². The molecule has 3 heterocycles. The zero-order valence-corrected chi connectivity index (χ0v) is 19.6. The largest absolute Gasteiger partial charge is 0.513 e. The van der Waals surface area contributed by atoms with Gasteiger partial charge in [0.15, 0.2) is 5.78 Å². The minimum atomic E-state index is -1.36. The van der Waals surface area contributed by atoms with E-state index in [9.17, 15) is 34.6 Å². The first-order chi connectivity index (χ1) is 17.7. The molecule has 0 radical (unpaired) electrons. The molecule has 13 nitrogen and oxygen atoms in total. The lowest BCUT2D eigenvalue weighted by Gasteiger charge is -2.51. The molecule has 1 unspecified atom stereocenters. The van der Waals surface area contributed by atoms with Gasteiger partial charge in [-0.3, -0.25) is 34.7 Å². The van der Waals surface area contributed by atoms with Gasteiger partial charge >= 0.3 is 12.1 Å². The Hall–Kier alpha value is -4.39. The van der Waals surface area contributed by atoms with Crippen molar-refractivity contribution in [3.8, 4) is 5.75 Å². The predicted octanol–water partition coefficient (Wildman–Crippen LogP) is 2.84. The minimum absolute atomic E-state index is 0.0240. The van der Waals surface area contributed by atoms with Crippen molar-refractivity contribution in [3.63, 3.8) is 0 Å². The third kappa shape index (κ3) is 5.72. The van der Waals surface area contributed by atoms with Crippen LogP contribution in [0.2, 0.25) is 0 Å². The van der Waals surface area contributed by atoms with Gasteiger partial charge in [0, 0.05) is 43.3 Å². The number of non-ortho nitro benzene ring substituents is 2. The number of ether oxygens (including phenoxy) is 3. The first-order valence-corrected chi connectivity index (χ1v) is 11.5. The number of rotatable bonds is 9. The molecule has 0 aromatic heterocycles. The van der Waals surface area contributed by atoms with E-state index in [1.54, 1.807) is 0 Å². The van der Waals surface area contributed by atoms with E-state index in [1.807, 2.05) is 4.90 Å². The lowest BCUT2D eigenvalue weighted by Crippen LogP contribution is -2.69. The van der Waals surface area contributed by atoms with Gasteiger partial charge in [-0.1, -0.05) is 12.1 Å². The lowest BCUT2D eigenvalue weighted by atomic mass is 9.74. The maximum absolute atomic E-state index is 13.3. The molecule has 3 fully saturated rings. The van der Waals surface area contributed by atoms with Crippen molar-refractivity contribution >= 4 is 29.3 Å². The standard InChI is InChI=1S/C24H23N3O10/c28-21(13-16-1-3-18(4-2-16)26(31)32)35-14-24(22(29)17-9-11-25(24)12-10-17)15-36-23(30)37-20-7-5-19(6-8-20)27(33)34/h1-8,17H,9-15H2. The second-order valence-electron chi connectivity index (χ2n) is 8.81. The van der Waals surface area contributed by atoms with Crippen molar-refractivity contribution in [2.75, 3.05) is 26.3 Å². The van der Waals surface area contributed by atoms with Crippen LogP contribution in [0, 0.1) is 26.1 Å². The van der Waals surface area contributed by atoms with Crippen LogP contribution in [0.4, 0.5) is 16.2 Å². The highest BCUT2D eigenvalue weighted by atomic mass is 16.7. The number of ketones is 1. The van der Waals surface area contributed by atoms with Crippen molar-refractivity contribution in [2.24, 2.45) is 5.92 Å². The molecule has 2 aromatic carbocycles. The fourth-order valence-electron chi connectivity index (χ4n) is 4.57. The highest BCUT2D eigenvalue weighted by Crippen LogP contribution is 2.37. The van der Waals surface area contributed by atoms with Crippen molar-refractivity contribution in [3.05, 3.63) is 74.3 Å². The molecule has 3 saturated heterocycles. The summed E-state index contributed by atoms with van der Waals surface area (Å²) in [5.41, 5.74) is -1.14. The van der Waals surface area contributed by atoms with Gasteiger partial charge in [-0.25, -0.2) is 4.79 Å². The molecule has 13 heteroatoms. The van der Waals surface area contributed by atoms with Crippen LogP contribution in [-0.2, 0) is 25.5 Å². The van der Waals surface area contributed by atoms with Gasteiger partial charge in [-0.2, -0.15) is 0 Å². The number of nitrogens with zero attached hydrogens (tertiary/aromatic N) is 3. The van der Waals surface area contributed by atoms with Crippen molar-refractivity contribution < 1.29 is 38.4 Å². The van der Waals surface area contributed by atoms with Gasteiger partial charge in [-0.15, -0.1) is 0 Å². The maximum Gasteiger partial charge on any atom is 0.513 e. The van der Waals surface area contributed by atoms with Crippen LogP contribution in [0.25, 0.3) is 0 Å². The molecule has 2 bridgehead atoms. The first-order valence-electron chi connectivity index (χ1n) is 11.5. The third-order valence-electron chi connectivity index (χ3n) is 6.57. The zero-order chi connectivity index (χ0) is 26.6. The van der Waals surface area contributed by atoms with Gasteiger partial charge in [0.05, 0.1) is 16.3 Å². The molecule has 3 aliphatic heterocycles. The third-order valence-corrected chi connectivity index (χ3v) is 6.57. The summed E-state index contributed by atoms with van der Waals surface area (Å²) in [4.78, 5) is 60.4. The summed E-state index contributed by atoms with van der Waals surface area (Å²) in [5, 5.41) is 21.6. The van der Waals surface area contributed by atoms with Crippen LogP contribution in [0.1, 0.15) is 18.4 Å². The quantitative estimate of drug-likeness (QED) is 0.209. The average Bonchev–Trinajstić information content (AvgIpc) is 2.89. The van der Waals surface area contributed by atoms with Crippen LogP contribution >= 0.6 is 0 Å². The monoisotopic (exact) mass is 513 g/mol. The Morgan fingerprint density at radius 3 is 1.97 bits per heavy atom. The first kappa shape index (κ1) is 25.7. The molecule has 1 atom stereocenters. The van der Waals surface area contributed by atoms with Crippen LogP contribution in [0.5, 0.6) is 5.75 Å². The second kappa shape index (κ2) is 10.7. The normalized spacial score (nSPS) is 22.2. The van der Waals surface area contributed by atoms with Gasteiger partial charge in [0.2, 0.25) is 0 Å². The number of fused-ring (bicyclic) bond motifs is 3. The molecule has 37 heavy (non-hydrogen) atoms. The van der Waals surface area contributed by atoms with Crippen LogP contribution < -0.4 is 4.74 Å². The Bertz CT molecular complexity index is 1130. The summed E-state index contributed by atoms with van der Waals surface area (Å²) in [6.07, 6.45) is 0.0463. The minimum Gasteiger partial charge on any atom is -0.463 e. The van der Waals surface area contributed by atoms with Crippen molar-refractivity contribution in [1.29, 1.82) is 0 Å². The highest BCUT2D eigenvalue weighted by Gasteiger charge is 2.55. The maximum atomic E-state index is 13.3. The molecule has 194 valence electrons. The molecule has 5 rings (SSSR count). The summed E-state index contributed by atoms with van der Waals surface area (Å²) in [6, 6.07) is 10.3. The lowest BCUT2D eigenvalue weighted by molar-refractivity contribution is -0.385. The van der Waals surface area contributed by atoms with Gasteiger partial charge in [0.25, 0.3) is 11.4 Å². The Morgan fingerprint density at radius 1 is 0.892 bits per heavy atom. The van der Waals surface area contributed by atoms with Gasteiger partial charge < -0.3 is 14.2 Å². The Labute approximate surface area is 210 Å². The fourth-order valence-corrected chi connectivity index (χ4v) is 4.57. The van der Waals surface area contributed by atoms with Gasteiger partial charge in [0.1, 0.15) is 24.5 Å². The van der Waals surface area contributed by atoms with Crippen LogP contribution in [-0.4, -0.2) is 64.5 Å². The number of carbonyl (C=O) groups excluding carboxylic acids is 3. The van der Waals surface area contributed by atoms with Crippen molar-refractivity contribution in [1.82, 2.24) is 4.90 Å². The number of Topliss-reactive ketones (excluding diaryl/α,β-unsaturated/α-hetero) is 1. The summed E-state index contributed by atoms with van der Waals surface area (Å²) in [5.74, 6) is -1.04. The highest BCUT2D eigenvalue weighted by molar-refractivity contribution is 5.93. The fraction of sp³-hybridized carbons (Fsp3) is 0.375. The van der Waals surface area contributed by atoms with E-state index in [0.29, 0.717) is 31.5 Å². The predicted molar refractivity (Wildman–Crippen MR) is 125 cm³/mol. The molecule has 0 spiro atoms. The summed E-state index contributed by atoms with van der Waals surface area (Å²) < 4.78 is 15.8. The van der Waals surface area contributed by atoms with E-state index in [1.165, 1.54) is 48.5 Å². The number of nitro benzene ring substituents is 2. The number of hydrogen-bond donors (Lipinski definition) is 0. The molecular weight excluding hydrogens is 490 g/mol. The number of nitro groups is 2. The molecule has 3 aliphatic rings. The van der Waals surface area contributed by atoms with Crippen LogP contribution in [0.15, 0.2) is 48.5 Å². The van der Waals surface area contributed by atoms with E-state index in [4.69, 9.17) is 14.2 Å².